The monoisotopic (exact) mass is 422 g/mol. The largest absolute Gasteiger partial charge is 0.462 e. The third-order valence-electron chi connectivity index (χ3n) is 3.98. The van der Waals surface area contributed by atoms with Gasteiger partial charge >= 0.3 is 5.97 Å². The minimum atomic E-state index is -0.548. The Hall–Kier alpha value is -2.22. The molecule has 0 spiro atoms. The molecule has 0 radical (unpaired) electrons. The Morgan fingerprint density at radius 3 is 2.43 bits per heavy atom. The lowest BCUT2D eigenvalue weighted by Gasteiger charge is -2.16. The van der Waals surface area contributed by atoms with E-state index in [0.29, 0.717) is 27.0 Å². The summed E-state index contributed by atoms with van der Waals surface area (Å²) in [5.41, 5.74) is 1.80. The molecule has 8 heteroatoms. The standard InChI is InChI=1S/C20H23ClN2O4S/c1-5-27-20(26)17-12(2)18(13(3)24)28-19(17)22-16(25)11-23(4)10-14-6-8-15(21)9-7-14/h6-9H,5,10-11H2,1-4H3,(H,22,25). The van der Waals surface area contributed by atoms with Gasteiger partial charge in [-0.2, -0.15) is 0 Å². The van der Waals surface area contributed by atoms with Gasteiger partial charge in [0.05, 0.1) is 23.6 Å². The number of thiophene rings is 1. The second-order valence-electron chi connectivity index (χ2n) is 6.38. The molecule has 2 rings (SSSR count). The van der Waals surface area contributed by atoms with Crippen molar-refractivity contribution in [1.82, 2.24) is 4.90 Å². The lowest BCUT2D eigenvalue weighted by molar-refractivity contribution is -0.117. The van der Waals surface area contributed by atoms with E-state index < -0.39 is 5.97 Å². The number of rotatable bonds is 8. The number of nitrogens with zero attached hydrogens (tertiary/aromatic N) is 1. The summed E-state index contributed by atoms with van der Waals surface area (Å²) in [4.78, 5) is 38.9. The van der Waals surface area contributed by atoms with Crippen LogP contribution < -0.4 is 5.32 Å². The molecular weight excluding hydrogens is 400 g/mol. The van der Waals surface area contributed by atoms with E-state index in [-0.39, 0.29) is 30.4 Å². The van der Waals surface area contributed by atoms with E-state index in [0.717, 1.165) is 16.9 Å². The highest BCUT2D eigenvalue weighted by molar-refractivity contribution is 7.18. The molecule has 0 unspecified atom stereocenters. The zero-order valence-electron chi connectivity index (χ0n) is 16.3. The lowest BCUT2D eigenvalue weighted by Crippen LogP contribution is -2.30. The lowest BCUT2D eigenvalue weighted by atomic mass is 10.1. The molecule has 6 nitrogen and oxygen atoms in total. The number of carbonyl (C=O) groups is 3. The fourth-order valence-corrected chi connectivity index (χ4v) is 3.99. The molecule has 0 fully saturated rings. The van der Waals surface area contributed by atoms with E-state index in [4.69, 9.17) is 16.3 Å². The van der Waals surface area contributed by atoms with Crippen LogP contribution in [-0.2, 0) is 16.1 Å². The fourth-order valence-electron chi connectivity index (χ4n) is 2.76. The average molecular weight is 423 g/mol. The summed E-state index contributed by atoms with van der Waals surface area (Å²) in [6, 6.07) is 7.40. The van der Waals surface area contributed by atoms with E-state index in [1.165, 1.54) is 6.92 Å². The summed E-state index contributed by atoms with van der Waals surface area (Å²) in [5.74, 6) is -0.986. The zero-order valence-corrected chi connectivity index (χ0v) is 17.9. The first-order chi connectivity index (χ1) is 13.2. The number of anilines is 1. The van der Waals surface area contributed by atoms with Crippen molar-refractivity contribution in [3.63, 3.8) is 0 Å². The van der Waals surface area contributed by atoms with Gasteiger partial charge in [-0.05, 0) is 51.1 Å². The van der Waals surface area contributed by atoms with E-state index >= 15 is 0 Å². The molecule has 1 aromatic heterocycles. The summed E-state index contributed by atoms with van der Waals surface area (Å²) in [6.07, 6.45) is 0. The molecule has 0 aliphatic rings. The number of ketones is 1. The number of Topliss-reactive ketones (excluding diaryl/α,β-unsaturated/α-hetero) is 1. The second kappa shape index (κ2) is 9.82. The van der Waals surface area contributed by atoms with Gasteiger partial charge in [0.1, 0.15) is 5.00 Å². The number of benzene rings is 1. The first-order valence-corrected chi connectivity index (χ1v) is 9.96. The van der Waals surface area contributed by atoms with Crippen molar-refractivity contribution in [2.24, 2.45) is 0 Å². The van der Waals surface area contributed by atoms with E-state index in [1.54, 1.807) is 26.0 Å². The minimum Gasteiger partial charge on any atom is -0.462 e. The molecule has 1 heterocycles. The van der Waals surface area contributed by atoms with Crippen LogP contribution in [0.15, 0.2) is 24.3 Å². The fraction of sp³-hybridized carbons (Fsp3) is 0.350. The van der Waals surface area contributed by atoms with Crippen molar-refractivity contribution in [2.75, 3.05) is 25.5 Å². The van der Waals surface area contributed by atoms with Gasteiger partial charge in [0.15, 0.2) is 5.78 Å². The van der Waals surface area contributed by atoms with Crippen LogP contribution in [0.1, 0.15) is 45.0 Å². The number of esters is 1. The smallest absolute Gasteiger partial charge is 0.341 e. The van der Waals surface area contributed by atoms with Crippen LogP contribution in [0.3, 0.4) is 0 Å². The van der Waals surface area contributed by atoms with Crippen molar-refractivity contribution in [1.29, 1.82) is 0 Å². The molecule has 0 saturated heterocycles. The zero-order chi connectivity index (χ0) is 20.8. The highest BCUT2D eigenvalue weighted by Crippen LogP contribution is 2.34. The maximum atomic E-state index is 12.5. The van der Waals surface area contributed by atoms with Gasteiger partial charge in [0, 0.05) is 11.6 Å². The Labute approximate surface area is 173 Å². The molecule has 150 valence electrons. The van der Waals surface area contributed by atoms with E-state index in [1.807, 2.05) is 24.1 Å². The molecule has 0 atom stereocenters. The van der Waals surface area contributed by atoms with Gasteiger partial charge in [0.2, 0.25) is 5.91 Å². The number of amides is 1. The normalized spacial score (nSPS) is 10.8. The summed E-state index contributed by atoms with van der Waals surface area (Å²) >= 11 is 6.98. The number of likely N-dealkylation sites (N-methyl/N-ethyl adjacent to an activating group) is 1. The third-order valence-corrected chi connectivity index (χ3v) is 5.54. The third kappa shape index (κ3) is 5.64. The van der Waals surface area contributed by atoms with Crippen LogP contribution >= 0.6 is 22.9 Å². The Kier molecular flexibility index (Phi) is 7.74. The SMILES string of the molecule is CCOC(=O)c1c(NC(=O)CN(C)Cc2ccc(Cl)cc2)sc(C(C)=O)c1C. The van der Waals surface area contributed by atoms with E-state index in [2.05, 4.69) is 5.32 Å². The van der Waals surface area contributed by atoms with Crippen molar-refractivity contribution in [2.45, 2.75) is 27.3 Å². The van der Waals surface area contributed by atoms with Crippen LogP contribution in [0, 0.1) is 6.92 Å². The van der Waals surface area contributed by atoms with Crippen LogP contribution in [-0.4, -0.2) is 42.8 Å². The minimum absolute atomic E-state index is 0.122. The molecular formula is C20H23ClN2O4S. The van der Waals surface area contributed by atoms with Crippen LogP contribution in [0.2, 0.25) is 5.02 Å². The Morgan fingerprint density at radius 2 is 1.86 bits per heavy atom. The molecule has 1 aromatic carbocycles. The molecule has 1 N–H and O–H groups in total. The highest BCUT2D eigenvalue weighted by Gasteiger charge is 2.25. The number of hydrogen-bond donors (Lipinski definition) is 1. The van der Waals surface area contributed by atoms with Gasteiger partial charge in [-0.3, -0.25) is 14.5 Å². The average Bonchev–Trinajstić information content (AvgIpc) is 2.93. The summed E-state index contributed by atoms with van der Waals surface area (Å²) < 4.78 is 5.08. The number of halogens is 1. The van der Waals surface area contributed by atoms with Gasteiger partial charge in [-0.15, -0.1) is 11.3 Å². The van der Waals surface area contributed by atoms with E-state index in [9.17, 15) is 14.4 Å². The predicted octanol–water partition coefficient (Wildman–Crippen LogP) is 4.16. The topological polar surface area (TPSA) is 75.7 Å². The van der Waals surface area contributed by atoms with Crippen LogP contribution in [0.4, 0.5) is 5.00 Å². The summed E-state index contributed by atoms with van der Waals surface area (Å²) in [6.45, 7) is 5.71. The molecule has 0 aliphatic carbocycles. The Morgan fingerprint density at radius 1 is 1.21 bits per heavy atom. The molecule has 0 aliphatic heterocycles. The van der Waals surface area contributed by atoms with Gasteiger partial charge in [-0.1, -0.05) is 23.7 Å². The van der Waals surface area contributed by atoms with Gasteiger partial charge in [0.25, 0.3) is 0 Å². The Bertz CT molecular complexity index is 877. The summed E-state index contributed by atoms with van der Waals surface area (Å²) in [7, 11) is 1.82. The van der Waals surface area contributed by atoms with Crippen LogP contribution in [0.5, 0.6) is 0 Å². The molecule has 2 aromatic rings. The maximum absolute atomic E-state index is 12.5. The van der Waals surface area contributed by atoms with Crippen molar-refractivity contribution in [3.05, 3.63) is 50.9 Å². The quantitative estimate of drug-likeness (QED) is 0.510. The molecule has 0 bridgehead atoms. The molecule has 28 heavy (non-hydrogen) atoms. The van der Waals surface area contributed by atoms with Gasteiger partial charge < -0.3 is 10.1 Å². The molecule has 1 amide bonds. The van der Waals surface area contributed by atoms with Crippen molar-refractivity contribution in [3.8, 4) is 0 Å². The number of carbonyl (C=O) groups excluding carboxylic acids is 3. The number of nitrogens with one attached hydrogen (secondary N) is 1. The number of ether oxygens (including phenoxy) is 1. The molecule has 0 saturated carbocycles. The van der Waals surface area contributed by atoms with Crippen molar-refractivity contribution >= 4 is 45.6 Å². The first-order valence-electron chi connectivity index (χ1n) is 8.77. The first kappa shape index (κ1) is 22.1. The maximum Gasteiger partial charge on any atom is 0.341 e. The van der Waals surface area contributed by atoms with Gasteiger partial charge in [-0.25, -0.2) is 4.79 Å². The summed E-state index contributed by atoms with van der Waals surface area (Å²) in [5, 5.41) is 3.75. The van der Waals surface area contributed by atoms with Crippen molar-refractivity contribution < 1.29 is 19.1 Å². The second-order valence-corrected chi connectivity index (χ2v) is 7.84. The van der Waals surface area contributed by atoms with Crippen LogP contribution in [0.25, 0.3) is 0 Å². The Balaban J connectivity index is 2.11. The highest BCUT2D eigenvalue weighted by atomic mass is 35.5. The number of hydrogen-bond acceptors (Lipinski definition) is 6. The predicted molar refractivity (Wildman–Crippen MR) is 111 cm³/mol.